The van der Waals surface area contributed by atoms with Crippen LogP contribution in [-0.2, 0) is 25.4 Å². The molecule has 0 radical (unpaired) electrons. The predicted octanol–water partition coefficient (Wildman–Crippen LogP) is 4.54. The minimum atomic E-state index is -0.764. The maximum atomic E-state index is 14.6. The summed E-state index contributed by atoms with van der Waals surface area (Å²) < 4.78 is 9.45. The number of nitrogens with zero attached hydrogens (tertiary/aromatic N) is 2. The molecule has 3 fully saturated rings. The molecule has 3 unspecified atom stereocenters. The Balaban J connectivity index is 1.56. The summed E-state index contributed by atoms with van der Waals surface area (Å²) in [6.07, 6.45) is 11.1. The van der Waals surface area contributed by atoms with E-state index in [1.165, 1.54) is 6.92 Å². The van der Waals surface area contributed by atoms with Crippen LogP contribution in [0.4, 0.5) is 0 Å². The van der Waals surface area contributed by atoms with Gasteiger partial charge in [0.2, 0.25) is 0 Å². The number of carbonyl (C=O) groups is 2. The van der Waals surface area contributed by atoms with Crippen molar-refractivity contribution in [1.82, 2.24) is 9.36 Å². The van der Waals surface area contributed by atoms with E-state index in [1.807, 2.05) is 28.4 Å². The summed E-state index contributed by atoms with van der Waals surface area (Å²) in [6.45, 7) is 8.12. The number of allylic oxidation sites excluding steroid dienone is 2. The smallest absolute Gasteiger partial charge is 0.302 e. The quantitative estimate of drug-likeness (QED) is 0.330. The van der Waals surface area contributed by atoms with E-state index in [-0.39, 0.29) is 57.7 Å². The van der Waals surface area contributed by atoms with Crippen molar-refractivity contribution >= 4 is 23.0 Å². The zero-order valence-electron chi connectivity index (χ0n) is 23.3. The van der Waals surface area contributed by atoms with E-state index in [0.29, 0.717) is 17.2 Å². The third kappa shape index (κ3) is 2.75. The van der Waals surface area contributed by atoms with Crippen molar-refractivity contribution in [3.8, 4) is 0 Å². The van der Waals surface area contributed by atoms with Crippen LogP contribution in [0.15, 0.2) is 46.0 Å². The predicted molar refractivity (Wildman–Crippen MR) is 147 cm³/mol. The Morgan fingerprint density at radius 3 is 2.33 bits per heavy atom. The molecule has 1 aromatic heterocycles. The Kier molecular flexibility index (Phi) is 5.02. The summed E-state index contributed by atoms with van der Waals surface area (Å²) in [6, 6.07) is 7.18. The number of esters is 1. The largest absolute Gasteiger partial charge is 0.462 e. The second-order valence-electron chi connectivity index (χ2n) is 13.6. The number of ether oxygens (including phenoxy) is 1. The number of aldehydes is 1. The first-order valence-corrected chi connectivity index (χ1v) is 14.7. The minimum absolute atomic E-state index is 0.0477. The Morgan fingerprint density at radius 2 is 1.67 bits per heavy atom. The van der Waals surface area contributed by atoms with Gasteiger partial charge in [0.15, 0.2) is 0 Å². The molecule has 0 saturated heterocycles. The molecule has 0 amide bonds. The van der Waals surface area contributed by atoms with Gasteiger partial charge in [-0.05, 0) is 73.8 Å². The molecule has 2 aromatic rings. The van der Waals surface area contributed by atoms with Gasteiger partial charge >= 0.3 is 5.97 Å². The molecule has 6 aliphatic rings. The number of fused-ring (bicyclic) bond motifs is 2. The fourth-order valence-electron chi connectivity index (χ4n) is 10.8. The topological polar surface area (TPSA) is 87.4 Å². The molecule has 39 heavy (non-hydrogen) atoms. The van der Waals surface area contributed by atoms with E-state index in [2.05, 4.69) is 26.0 Å². The summed E-state index contributed by atoms with van der Waals surface area (Å²) in [7, 11) is 0. The molecule has 2 spiro atoms. The van der Waals surface area contributed by atoms with E-state index in [4.69, 9.17) is 4.74 Å². The zero-order chi connectivity index (χ0) is 27.5. The van der Waals surface area contributed by atoms with Crippen molar-refractivity contribution in [3.63, 3.8) is 0 Å². The first kappa shape index (κ1) is 25.0. The highest BCUT2D eigenvalue weighted by Crippen LogP contribution is 2.73. The molecule has 2 aliphatic heterocycles. The van der Waals surface area contributed by atoms with Gasteiger partial charge in [0.25, 0.3) is 11.1 Å². The number of carbonyl (C=O) groups excluding carboxylic acids is 2. The van der Waals surface area contributed by atoms with Crippen molar-refractivity contribution in [2.45, 2.75) is 89.8 Å². The highest BCUT2D eigenvalue weighted by atomic mass is 16.5. The molecule has 0 N–H and O–H groups in total. The number of rotatable bonds is 3. The van der Waals surface area contributed by atoms with Gasteiger partial charge in [-0.2, -0.15) is 0 Å². The molecule has 8 rings (SSSR count). The lowest BCUT2D eigenvalue weighted by Crippen LogP contribution is -2.78. The summed E-state index contributed by atoms with van der Waals surface area (Å²) >= 11 is 0. The maximum absolute atomic E-state index is 14.6. The average Bonchev–Trinajstić information content (AvgIpc) is 3.28. The second kappa shape index (κ2) is 7.82. The summed E-state index contributed by atoms with van der Waals surface area (Å²) in [5, 5.41) is 0.901. The molecular formula is C32H38N2O5. The zero-order valence-corrected chi connectivity index (χ0v) is 23.3. The lowest BCUT2D eigenvalue weighted by atomic mass is 9.40. The normalized spacial score (nSPS) is 42.3. The molecule has 9 atom stereocenters. The van der Waals surface area contributed by atoms with Crippen molar-refractivity contribution in [1.29, 1.82) is 0 Å². The third-order valence-corrected chi connectivity index (χ3v) is 12.3. The van der Waals surface area contributed by atoms with Crippen LogP contribution < -0.4 is 11.1 Å². The lowest BCUT2D eigenvalue weighted by molar-refractivity contribution is -0.206. The van der Waals surface area contributed by atoms with E-state index in [9.17, 15) is 19.2 Å². The Bertz CT molecular complexity index is 1570. The average molecular weight is 531 g/mol. The summed E-state index contributed by atoms with van der Waals surface area (Å²) in [4.78, 5) is 53.1. The summed E-state index contributed by atoms with van der Waals surface area (Å²) in [5.41, 5.74) is -2.07. The second-order valence-corrected chi connectivity index (χ2v) is 13.6. The van der Waals surface area contributed by atoms with E-state index < -0.39 is 11.1 Å². The monoisotopic (exact) mass is 530 g/mol. The van der Waals surface area contributed by atoms with Crippen LogP contribution in [0.1, 0.15) is 72.6 Å². The van der Waals surface area contributed by atoms with E-state index in [1.54, 1.807) is 12.1 Å². The Hall–Kier alpha value is -2.96. The minimum Gasteiger partial charge on any atom is -0.462 e. The van der Waals surface area contributed by atoms with Crippen molar-refractivity contribution < 1.29 is 14.3 Å². The van der Waals surface area contributed by atoms with Crippen molar-refractivity contribution in [2.75, 3.05) is 0 Å². The molecule has 7 nitrogen and oxygen atoms in total. The van der Waals surface area contributed by atoms with Crippen molar-refractivity contribution in [3.05, 3.63) is 57.1 Å². The van der Waals surface area contributed by atoms with Gasteiger partial charge in [0.1, 0.15) is 12.4 Å². The number of hydrogen-bond acceptors (Lipinski definition) is 5. The summed E-state index contributed by atoms with van der Waals surface area (Å²) in [5.74, 6) is 0.186. The molecule has 4 aliphatic carbocycles. The van der Waals surface area contributed by atoms with Crippen molar-refractivity contribution in [2.24, 2.45) is 34.5 Å². The van der Waals surface area contributed by atoms with Gasteiger partial charge in [-0.3, -0.25) is 14.4 Å². The van der Waals surface area contributed by atoms with Gasteiger partial charge in [0.05, 0.1) is 21.9 Å². The Morgan fingerprint density at radius 1 is 0.974 bits per heavy atom. The van der Waals surface area contributed by atoms with Crippen LogP contribution >= 0.6 is 0 Å². The highest BCUT2D eigenvalue weighted by Gasteiger charge is 2.74. The molecule has 3 heterocycles. The standard InChI is InChI=1S/C32H38N2O5/c1-19(18-35)24-9-10-25-29(24,3)13-12-26-30(4)14-11-21(39-20(2)36)17-31(30)15-16-32(25,26)34-28(38)23-8-6-5-7-22(23)27(37)33(31)34/h5-8,15-16,18-19,21,24-26H,9-14,17H2,1-4H3/t19-,21+,24?,25?,26?,29-,30-,31-,32+/m1/s1. The maximum Gasteiger partial charge on any atom is 0.302 e. The fraction of sp³-hybridized carbons (Fsp3) is 0.625. The molecular weight excluding hydrogens is 492 g/mol. The van der Waals surface area contributed by atoms with Gasteiger partial charge in [-0.15, -0.1) is 0 Å². The molecule has 2 bridgehead atoms. The van der Waals surface area contributed by atoms with Crippen LogP contribution in [0.25, 0.3) is 10.8 Å². The molecule has 7 heteroatoms. The SMILES string of the molecule is CC(=O)O[C@H]1CC[C@]2(C)C3CC[C@]4(C)C([C@H](C)C=O)CCC4[C@@]34C=C[C@]2(C1)n1c(=O)c2ccccc2c(=O)n14. The van der Waals surface area contributed by atoms with Gasteiger partial charge in [0, 0.05) is 24.7 Å². The van der Waals surface area contributed by atoms with Crippen LogP contribution in [0.5, 0.6) is 0 Å². The molecule has 3 saturated carbocycles. The third-order valence-electron chi connectivity index (χ3n) is 12.3. The van der Waals surface area contributed by atoms with Crippen LogP contribution in [-0.4, -0.2) is 27.7 Å². The number of hydrogen-bond donors (Lipinski definition) is 0. The van der Waals surface area contributed by atoms with Gasteiger partial charge in [-0.25, -0.2) is 9.36 Å². The first-order chi connectivity index (χ1) is 18.5. The van der Waals surface area contributed by atoms with Crippen LogP contribution in [0, 0.1) is 34.5 Å². The van der Waals surface area contributed by atoms with E-state index >= 15 is 0 Å². The Labute approximate surface area is 228 Å². The van der Waals surface area contributed by atoms with E-state index in [0.717, 1.165) is 44.8 Å². The lowest BCUT2D eigenvalue weighted by Gasteiger charge is -2.72. The fourth-order valence-corrected chi connectivity index (χ4v) is 10.8. The molecule has 206 valence electrons. The molecule has 1 aromatic carbocycles. The number of benzene rings is 1. The van der Waals surface area contributed by atoms with Crippen LogP contribution in [0.2, 0.25) is 0 Å². The van der Waals surface area contributed by atoms with Crippen LogP contribution in [0.3, 0.4) is 0 Å². The highest BCUT2D eigenvalue weighted by molar-refractivity contribution is 5.80. The first-order valence-electron chi connectivity index (χ1n) is 14.7. The van der Waals surface area contributed by atoms with Gasteiger partial charge < -0.3 is 9.53 Å². The van der Waals surface area contributed by atoms with Gasteiger partial charge in [-0.1, -0.05) is 45.1 Å². The number of aromatic nitrogens is 2.